The Labute approximate surface area is 91.1 Å². The van der Waals surface area contributed by atoms with Crippen molar-refractivity contribution in [3.05, 3.63) is 29.3 Å². The maximum atomic E-state index is 8.62. The van der Waals surface area contributed by atoms with E-state index in [0.717, 1.165) is 5.56 Å². The van der Waals surface area contributed by atoms with Gasteiger partial charge in [-0.1, -0.05) is 31.8 Å². The number of nitrogen functional groups attached to an aromatic ring is 1. The van der Waals surface area contributed by atoms with E-state index in [9.17, 15) is 0 Å². The first-order chi connectivity index (χ1) is 7.15. The van der Waals surface area contributed by atoms with Crippen LogP contribution >= 0.6 is 0 Å². The standard InChI is InChI=1S/C13H17NO/c1-10(2)11-6-7-13(14)12(9-11)5-3-4-8-15/h6-7,9-10,15H,4,8,14H2,1-2H3. The van der Waals surface area contributed by atoms with E-state index >= 15 is 0 Å². The fourth-order valence-electron chi connectivity index (χ4n) is 1.25. The van der Waals surface area contributed by atoms with Crippen LogP contribution in [0, 0.1) is 11.8 Å². The van der Waals surface area contributed by atoms with Gasteiger partial charge < -0.3 is 10.8 Å². The molecular weight excluding hydrogens is 186 g/mol. The molecule has 0 bridgehead atoms. The molecule has 1 aromatic rings. The summed E-state index contributed by atoms with van der Waals surface area (Å²) in [7, 11) is 0. The van der Waals surface area contributed by atoms with Crippen molar-refractivity contribution in [2.75, 3.05) is 12.3 Å². The zero-order chi connectivity index (χ0) is 11.3. The number of aliphatic hydroxyl groups excluding tert-OH is 1. The van der Waals surface area contributed by atoms with Gasteiger partial charge in [0.15, 0.2) is 0 Å². The van der Waals surface area contributed by atoms with Crippen LogP contribution in [0.4, 0.5) is 5.69 Å². The Balaban J connectivity index is 2.97. The molecule has 0 spiro atoms. The summed E-state index contributed by atoms with van der Waals surface area (Å²) < 4.78 is 0. The van der Waals surface area contributed by atoms with Crippen LogP contribution in [0.15, 0.2) is 18.2 Å². The van der Waals surface area contributed by atoms with Crippen LogP contribution in [0.3, 0.4) is 0 Å². The summed E-state index contributed by atoms with van der Waals surface area (Å²) in [5, 5.41) is 8.62. The molecule has 2 nitrogen and oxygen atoms in total. The normalized spacial score (nSPS) is 9.87. The van der Waals surface area contributed by atoms with Gasteiger partial charge in [0.1, 0.15) is 0 Å². The van der Waals surface area contributed by atoms with Gasteiger partial charge in [-0.05, 0) is 23.6 Å². The SMILES string of the molecule is CC(C)c1ccc(N)c(C#CCCO)c1. The number of rotatable bonds is 2. The Bertz CT molecular complexity index is 385. The van der Waals surface area contributed by atoms with E-state index in [1.165, 1.54) is 5.56 Å². The minimum atomic E-state index is 0.0940. The molecule has 0 aliphatic rings. The topological polar surface area (TPSA) is 46.2 Å². The molecule has 0 amide bonds. The van der Waals surface area contributed by atoms with E-state index in [2.05, 4.69) is 25.7 Å². The molecule has 0 aromatic heterocycles. The van der Waals surface area contributed by atoms with E-state index in [4.69, 9.17) is 10.8 Å². The molecule has 1 rings (SSSR count). The average Bonchev–Trinajstić information content (AvgIpc) is 2.20. The van der Waals surface area contributed by atoms with Crippen molar-refractivity contribution in [2.24, 2.45) is 0 Å². The van der Waals surface area contributed by atoms with Crippen molar-refractivity contribution in [3.8, 4) is 11.8 Å². The second-order valence-electron chi connectivity index (χ2n) is 3.78. The zero-order valence-electron chi connectivity index (χ0n) is 9.25. The van der Waals surface area contributed by atoms with Gasteiger partial charge in [-0.25, -0.2) is 0 Å². The summed E-state index contributed by atoms with van der Waals surface area (Å²) in [6, 6.07) is 5.93. The molecule has 1 aromatic carbocycles. The lowest BCUT2D eigenvalue weighted by Gasteiger charge is -2.07. The number of nitrogens with two attached hydrogens (primary N) is 1. The summed E-state index contributed by atoms with van der Waals surface area (Å²) in [5.74, 6) is 6.33. The fourth-order valence-corrected chi connectivity index (χ4v) is 1.25. The highest BCUT2D eigenvalue weighted by Gasteiger charge is 2.01. The van der Waals surface area contributed by atoms with Crippen molar-refractivity contribution < 1.29 is 5.11 Å². The summed E-state index contributed by atoms with van der Waals surface area (Å²) >= 11 is 0. The van der Waals surface area contributed by atoms with Gasteiger partial charge in [-0.15, -0.1) is 0 Å². The van der Waals surface area contributed by atoms with Gasteiger partial charge in [-0.2, -0.15) is 0 Å². The number of hydrogen-bond donors (Lipinski definition) is 2. The Hall–Kier alpha value is -1.46. The van der Waals surface area contributed by atoms with Crippen molar-refractivity contribution in [1.29, 1.82) is 0 Å². The third-order valence-electron chi connectivity index (χ3n) is 2.20. The number of aliphatic hydroxyl groups is 1. The van der Waals surface area contributed by atoms with E-state index in [1.54, 1.807) is 0 Å². The molecule has 0 fully saturated rings. The van der Waals surface area contributed by atoms with Gasteiger partial charge in [0.25, 0.3) is 0 Å². The van der Waals surface area contributed by atoms with Crippen molar-refractivity contribution in [1.82, 2.24) is 0 Å². The highest BCUT2D eigenvalue weighted by Crippen LogP contribution is 2.19. The van der Waals surface area contributed by atoms with E-state index in [-0.39, 0.29) is 6.61 Å². The van der Waals surface area contributed by atoms with Crippen molar-refractivity contribution in [2.45, 2.75) is 26.2 Å². The number of benzene rings is 1. The van der Waals surface area contributed by atoms with Gasteiger partial charge in [0.05, 0.1) is 6.61 Å². The smallest absolute Gasteiger partial charge is 0.0540 e. The van der Waals surface area contributed by atoms with Gasteiger partial charge in [0.2, 0.25) is 0 Å². The van der Waals surface area contributed by atoms with Crippen molar-refractivity contribution in [3.63, 3.8) is 0 Å². The zero-order valence-corrected chi connectivity index (χ0v) is 9.25. The third kappa shape index (κ3) is 3.30. The third-order valence-corrected chi connectivity index (χ3v) is 2.20. The van der Waals surface area contributed by atoms with Crippen LogP contribution in [-0.2, 0) is 0 Å². The van der Waals surface area contributed by atoms with Crippen LogP contribution in [0.2, 0.25) is 0 Å². The average molecular weight is 203 g/mol. The first-order valence-corrected chi connectivity index (χ1v) is 5.14. The molecule has 15 heavy (non-hydrogen) atoms. The molecule has 0 unspecified atom stereocenters. The predicted molar refractivity (Wildman–Crippen MR) is 63.5 cm³/mol. The minimum Gasteiger partial charge on any atom is -0.398 e. The van der Waals surface area contributed by atoms with Gasteiger partial charge in [0, 0.05) is 17.7 Å². The van der Waals surface area contributed by atoms with E-state index in [0.29, 0.717) is 18.0 Å². The van der Waals surface area contributed by atoms with Crippen LogP contribution in [0.1, 0.15) is 37.3 Å². The number of hydrogen-bond acceptors (Lipinski definition) is 2. The van der Waals surface area contributed by atoms with E-state index in [1.807, 2.05) is 18.2 Å². The second kappa shape index (κ2) is 5.43. The number of anilines is 1. The molecule has 80 valence electrons. The Morgan fingerprint density at radius 1 is 1.40 bits per heavy atom. The van der Waals surface area contributed by atoms with Gasteiger partial charge in [-0.3, -0.25) is 0 Å². The van der Waals surface area contributed by atoms with Crippen molar-refractivity contribution >= 4 is 5.69 Å². The summed E-state index contributed by atoms with van der Waals surface area (Å²) in [6.07, 6.45) is 0.491. The molecule has 0 heterocycles. The monoisotopic (exact) mass is 203 g/mol. The molecule has 0 radical (unpaired) electrons. The highest BCUT2D eigenvalue weighted by molar-refractivity contribution is 5.57. The summed E-state index contributed by atoms with van der Waals surface area (Å²) in [5.41, 5.74) is 8.60. The first kappa shape index (κ1) is 11.6. The van der Waals surface area contributed by atoms with Crippen LogP contribution < -0.4 is 5.73 Å². The summed E-state index contributed by atoms with van der Waals surface area (Å²) in [4.78, 5) is 0. The molecular formula is C13H17NO. The lowest BCUT2D eigenvalue weighted by atomic mass is 10.00. The quantitative estimate of drug-likeness (QED) is 0.571. The second-order valence-corrected chi connectivity index (χ2v) is 3.78. The Kier molecular flexibility index (Phi) is 4.20. The molecule has 0 saturated heterocycles. The fraction of sp³-hybridized carbons (Fsp3) is 0.385. The lowest BCUT2D eigenvalue weighted by Crippen LogP contribution is -1.94. The molecule has 2 heteroatoms. The Morgan fingerprint density at radius 2 is 2.13 bits per heavy atom. The maximum Gasteiger partial charge on any atom is 0.0540 e. The molecule has 0 atom stereocenters. The first-order valence-electron chi connectivity index (χ1n) is 5.14. The van der Waals surface area contributed by atoms with Gasteiger partial charge >= 0.3 is 0 Å². The minimum absolute atomic E-state index is 0.0940. The molecule has 3 N–H and O–H groups in total. The molecule has 0 aliphatic heterocycles. The van der Waals surface area contributed by atoms with E-state index < -0.39 is 0 Å². The largest absolute Gasteiger partial charge is 0.398 e. The van der Waals surface area contributed by atoms with Crippen LogP contribution in [0.25, 0.3) is 0 Å². The maximum absolute atomic E-state index is 8.62. The lowest BCUT2D eigenvalue weighted by molar-refractivity contribution is 0.305. The summed E-state index contributed by atoms with van der Waals surface area (Å²) in [6.45, 7) is 4.36. The van der Waals surface area contributed by atoms with Crippen LogP contribution in [0.5, 0.6) is 0 Å². The molecule has 0 aliphatic carbocycles. The highest BCUT2D eigenvalue weighted by atomic mass is 16.2. The molecule has 0 saturated carbocycles. The Morgan fingerprint density at radius 3 is 2.73 bits per heavy atom. The van der Waals surface area contributed by atoms with Crippen LogP contribution in [-0.4, -0.2) is 11.7 Å². The predicted octanol–water partition coefficient (Wildman–Crippen LogP) is 2.13.